The van der Waals surface area contributed by atoms with Gasteiger partial charge in [0.05, 0.1) is 39.8 Å². The second-order valence-corrected chi connectivity index (χ2v) is 10.6. The summed E-state index contributed by atoms with van der Waals surface area (Å²) < 4.78 is 17.4. The number of carboxylic acid groups (broad SMARTS) is 1. The van der Waals surface area contributed by atoms with Crippen LogP contribution < -0.4 is 0 Å². The fraction of sp³-hybridized carbons (Fsp3) is 0.955. The second-order valence-electron chi connectivity index (χ2n) is 9.70. The van der Waals surface area contributed by atoms with Gasteiger partial charge in [0.25, 0.3) is 0 Å². The molecule has 7 nitrogen and oxygen atoms in total. The van der Waals surface area contributed by atoms with Crippen molar-refractivity contribution in [3.63, 3.8) is 0 Å². The van der Waals surface area contributed by atoms with Gasteiger partial charge < -0.3 is 28.3 Å². The summed E-state index contributed by atoms with van der Waals surface area (Å²) >= 11 is 0. The van der Waals surface area contributed by atoms with Crippen molar-refractivity contribution >= 4 is 14.6 Å². The van der Waals surface area contributed by atoms with Crippen molar-refractivity contribution in [1.82, 2.24) is 0 Å². The van der Waals surface area contributed by atoms with Crippen molar-refractivity contribution in [3.05, 3.63) is 0 Å². The number of quaternary nitrogens is 1. The van der Waals surface area contributed by atoms with E-state index in [0.29, 0.717) is 17.6 Å². The molecule has 0 amide bonds. The summed E-state index contributed by atoms with van der Waals surface area (Å²) in [6.07, 6.45) is 9.50. The number of likely N-dealkylation sites (N-methyl/N-ethyl adjacent to an activating group) is 1. The van der Waals surface area contributed by atoms with Gasteiger partial charge in [-0.2, -0.15) is 0 Å². The average molecular weight is 453 g/mol. The minimum Gasteiger partial charge on any atom is -0.481 e. The van der Waals surface area contributed by atoms with Crippen molar-refractivity contribution in [2.24, 2.45) is 0 Å². The first-order valence-electron chi connectivity index (χ1n) is 11.4. The lowest BCUT2D eigenvalue weighted by molar-refractivity contribution is -0.873. The molecule has 0 radical (unpaired) electrons. The quantitative estimate of drug-likeness (QED) is 0.152. The zero-order valence-corrected chi connectivity index (χ0v) is 21.1. The van der Waals surface area contributed by atoms with Gasteiger partial charge in [-0.1, -0.05) is 39.0 Å². The number of unbranched alkanes of at least 4 members (excludes halogenated alkanes) is 6. The number of rotatable bonds is 20. The van der Waals surface area contributed by atoms with Crippen LogP contribution >= 0.6 is 8.60 Å². The van der Waals surface area contributed by atoms with Crippen LogP contribution in [0.25, 0.3) is 0 Å². The summed E-state index contributed by atoms with van der Waals surface area (Å²) in [7, 11) is 3.80. The first-order valence-corrected chi connectivity index (χ1v) is 12.5. The largest absolute Gasteiger partial charge is 0.481 e. The van der Waals surface area contributed by atoms with Crippen LogP contribution in [-0.2, 0) is 18.6 Å². The number of hydrogen-bond acceptors (Lipinski definition) is 5. The predicted octanol–water partition coefficient (Wildman–Crippen LogP) is 5.11. The van der Waals surface area contributed by atoms with Crippen molar-refractivity contribution < 1.29 is 33.1 Å². The van der Waals surface area contributed by atoms with Crippen LogP contribution in [-0.4, -0.2) is 73.1 Å². The van der Waals surface area contributed by atoms with Crippen LogP contribution in [0.4, 0.5) is 0 Å². The average Bonchev–Trinajstić information content (AvgIpc) is 2.58. The van der Waals surface area contributed by atoms with E-state index in [0.717, 1.165) is 32.3 Å². The molecule has 0 rings (SSSR count). The van der Waals surface area contributed by atoms with Crippen LogP contribution in [0.1, 0.15) is 85.0 Å². The molecule has 0 aliphatic carbocycles. The predicted molar refractivity (Wildman–Crippen MR) is 122 cm³/mol. The SMILES string of the molecule is CCCCCCCC(C)(C)OCCCCCO[P@](O)OC(CC(=O)O)C[N+](C)(C)C. The summed E-state index contributed by atoms with van der Waals surface area (Å²) in [5.74, 6) is -0.944. The Balaban J connectivity index is 3.86. The van der Waals surface area contributed by atoms with E-state index in [-0.39, 0.29) is 12.0 Å². The van der Waals surface area contributed by atoms with Gasteiger partial charge in [0.15, 0.2) is 0 Å². The maximum Gasteiger partial charge on any atom is 0.330 e. The lowest BCUT2D eigenvalue weighted by Gasteiger charge is -2.29. The normalized spacial score (nSPS) is 14.6. The summed E-state index contributed by atoms with van der Waals surface area (Å²) in [5, 5.41) is 9.02. The van der Waals surface area contributed by atoms with Gasteiger partial charge >= 0.3 is 14.6 Å². The third-order valence-electron chi connectivity index (χ3n) is 4.76. The second kappa shape index (κ2) is 16.3. The Bertz CT molecular complexity index is 442. The Kier molecular flexibility index (Phi) is 16.2. The third-order valence-corrected chi connectivity index (χ3v) is 5.64. The minimum atomic E-state index is -2.06. The Morgan fingerprint density at radius 1 is 1.00 bits per heavy atom. The first-order chi connectivity index (χ1) is 13.9. The van der Waals surface area contributed by atoms with Crippen LogP contribution in [0.3, 0.4) is 0 Å². The monoisotopic (exact) mass is 452 g/mol. The molecule has 0 aromatic carbocycles. The van der Waals surface area contributed by atoms with Crippen LogP contribution in [0.15, 0.2) is 0 Å². The topological polar surface area (TPSA) is 85.2 Å². The van der Waals surface area contributed by atoms with E-state index in [4.69, 9.17) is 18.9 Å². The van der Waals surface area contributed by atoms with E-state index in [9.17, 15) is 9.69 Å². The fourth-order valence-corrected chi connectivity index (χ4v) is 3.94. The lowest BCUT2D eigenvalue weighted by Crippen LogP contribution is -2.42. The summed E-state index contributed by atoms with van der Waals surface area (Å²) in [6, 6.07) is 0. The Morgan fingerprint density at radius 2 is 1.60 bits per heavy atom. The molecule has 0 spiro atoms. The van der Waals surface area contributed by atoms with Crippen LogP contribution in [0.2, 0.25) is 0 Å². The third kappa shape index (κ3) is 19.7. The molecule has 180 valence electrons. The molecule has 1 unspecified atom stereocenters. The molecule has 0 saturated carbocycles. The van der Waals surface area contributed by atoms with Crippen molar-refractivity contribution in [2.45, 2.75) is 96.7 Å². The molecule has 30 heavy (non-hydrogen) atoms. The smallest absolute Gasteiger partial charge is 0.330 e. The zero-order chi connectivity index (χ0) is 23.0. The standard InChI is InChI=1S/C22H46NO6P/c1-7-8-9-10-12-15-22(2,3)27-16-13-11-14-17-28-30(26)29-20(18-21(24)25)19-23(4,5)6/h20,26H,7-19H2,1-6H3/p+1/t20?,30-/m0/s1. The van der Waals surface area contributed by atoms with Gasteiger partial charge in [0.2, 0.25) is 0 Å². The molecule has 8 heteroatoms. The van der Waals surface area contributed by atoms with E-state index >= 15 is 0 Å². The Morgan fingerprint density at radius 3 is 2.20 bits per heavy atom. The summed E-state index contributed by atoms with van der Waals surface area (Å²) in [4.78, 5) is 21.0. The number of hydrogen-bond donors (Lipinski definition) is 2. The molecule has 0 fully saturated rings. The summed E-state index contributed by atoms with van der Waals surface area (Å²) in [6.45, 7) is 8.17. The van der Waals surface area contributed by atoms with Crippen molar-refractivity contribution in [1.29, 1.82) is 0 Å². The van der Waals surface area contributed by atoms with Gasteiger partial charge in [0.1, 0.15) is 12.6 Å². The first kappa shape index (κ1) is 29.7. The van der Waals surface area contributed by atoms with E-state index in [2.05, 4.69) is 20.8 Å². The Hall–Kier alpha value is -0.300. The molecular formula is C22H47NO6P+. The number of carboxylic acids is 1. The molecule has 2 atom stereocenters. The highest BCUT2D eigenvalue weighted by atomic mass is 31.2. The molecule has 0 bridgehead atoms. The number of nitrogens with zero attached hydrogens (tertiary/aromatic N) is 1. The van der Waals surface area contributed by atoms with E-state index in [1.807, 2.05) is 21.1 Å². The fourth-order valence-electron chi connectivity index (χ4n) is 3.20. The van der Waals surface area contributed by atoms with Crippen LogP contribution in [0.5, 0.6) is 0 Å². The van der Waals surface area contributed by atoms with Crippen LogP contribution in [0, 0.1) is 0 Å². The minimum absolute atomic E-state index is 0.0688. The highest BCUT2D eigenvalue weighted by molar-refractivity contribution is 7.40. The molecule has 0 aliphatic heterocycles. The van der Waals surface area contributed by atoms with E-state index < -0.39 is 20.7 Å². The maximum atomic E-state index is 11.0. The molecule has 0 heterocycles. The molecule has 2 N–H and O–H groups in total. The van der Waals surface area contributed by atoms with E-state index in [1.54, 1.807) is 0 Å². The highest BCUT2D eigenvalue weighted by Gasteiger charge is 2.25. The molecule has 0 saturated heterocycles. The van der Waals surface area contributed by atoms with Gasteiger partial charge in [0, 0.05) is 6.61 Å². The molecule has 0 aromatic heterocycles. The number of aliphatic carboxylic acids is 1. The molecule has 0 aromatic rings. The number of carbonyl (C=O) groups is 1. The lowest BCUT2D eigenvalue weighted by atomic mass is 9.99. The number of ether oxygens (including phenoxy) is 1. The van der Waals surface area contributed by atoms with Gasteiger partial charge in [-0.3, -0.25) is 4.79 Å². The molecule has 0 aliphatic rings. The Labute approximate surface area is 185 Å². The van der Waals surface area contributed by atoms with Crippen molar-refractivity contribution in [3.8, 4) is 0 Å². The summed E-state index contributed by atoms with van der Waals surface area (Å²) in [5.41, 5.74) is -0.0688. The van der Waals surface area contributed by atoms with Gasteiger partial charge in [-0.15, -0.1) is 0 Å². The highest BCUT2D eigenvalue weighted by Crippen LogP contribution is 2.36. The maximum absolute atomic E-state index is 11.0. The van der Waals surface area contributed by atoms with Gasteiger partial charge in [-0.25, -0.2) is 0 Å². The van der Waals surface area contributed by atoms with Crippen molar-refractivity contribution in [2.75, 3.05) is 40.9 Å². The molecular weight excluding hydrogens is 405 g/mol. The van der Waals surface area contributed by atoms with Gasteiger partial charge in [-0.05, 0) is 39.5 Å². The van der Waals surface area contributed by atoms with E-state index in [1.165, 1.54) is 32.1 Å². The zero-order valence-electron chi connectivity index (χ0n) is 20.2.